The average molecular weight is 304 g/mol. The van der Waals surface area contributed by atoms with Gasteiger partial charge in [0, 0.05) is 0 Å². The smallest absolute Gasteiger partial charge is 0.123 e. The Kier molecular flexibility index (Phi) is 4.04. The highest BCUT2D eigenvalue weighted by Crippen LogP contribution is 2.29. The summed E-state index contributed by atoms with van der Waals surface area (Å²) in [6.45, 7) is 8.41. The number of benzene rings is 3. The standard InChI is InChI=1S/C22H21F/c1-14-11-20(12-15(2)17(14)4)18-5-7-19(8-6-18)22-10-9-21(23)13-16(22)3/h5-13H,1-4H3. The van der Waals surface area contributed by atoms with Gasteiger partial charge >= 0.3 is 0 Å². The molecule has 3 aromatic carbocycles. The van der Waals surface area contributed by atoms with Gasteiger partial charge in [0.15, 0.2) is 0 Å². The molecule has 0 fully saturated rings. The van der Waals surface area contributed by atoms with Crippen molar-refractivity contribution < 1.29 is 4.39 Å². The molecule has 0 spiro atoms. The summed E-state index contributed by atoms with van der Waals surface area (Å²) in [5, 5.41) is 0. The van der Waals surface area contributed by atoms with Crippen LogP contribution in [0.3, 0.4) is 0 Å². The maximum absolute atomic E-state index is 13.3. The Morgan fingerprint density at radius 2 is 1.13 bits per heavy atom. The Balaban J connectivity index is 1.99. The first-order chi connectivity index (χ1) is 11.0. The van der Waals surface area contributed by atoms with Crippen molar-refractivity contribution >= 4 is 0 Å². The second kappa shape index (κ2) is 6.00. The monoisotopic (exact) mass is 304 g/mol. The van der Waals surface area contributed by atoms with Gasteiger partial charge in [-0.2, -0.15) is 0 Å². The van der Waals surface area contributed by atoms with E-state index in [2.05, 4.69) is 57.2 Å². The maximum atomic E-state index is 13.3. The van der Waals surface area contributed by atoms with Crippen LogP contribution < -0.4 is 0 Å². The molecule has 0 aromatic heterocycles. The van der Waals surface area contributed by atoms with Crippen molar-refractivity contribution in [2.75, 3.05) is 0 Å². The molecule has 3 aromatic rings. The van der Waals surface area contributed by atoms with Gasteiger partial charge in [-0.25, -0.2) is 4.39 Å². The number of rotatable bonds is 2. The van der Waals surface area contributed by atoms with Crippen LogP contribution in [0.1, 0.15) is 22.3 Å². The van der Waals surface area contributed by atoms with Gasteiger partial charge in [0.1, 0.15) is 5.82 Å². The molecule has 0 saturated carbocycles. The van der Waals surface area contributed by atoms with E-state index in [4.69, 9.17) is 0 Å². The second-order valence-electron chi connectivity index (χ2n) is 6.27. The minimum absolute atomic E-state index is 0.187. The summed E-state index contributed by atoms with van der Waals surface area (Å²) in [4.78, 5) is 0. The van der Waals surface area contributed by atoms with E-state index in [-0.39, 0.29) is 5.82 Å². The van der Waals surface area contributed by atoms with E-state index in [0.29, 0.717) is 0 Å². The molecule has 116 valence electrons. The molecule has 0 atom stereocenters. The minimum atomic E-state index is -0.187. The van der Waals surface area contributed by atoms with Gasteiger partial charge < -0.3 is 0 Å². The number of hydrogen-bond acceptors (Lipinski definition) is 0. The van der Waals surface area contributed by atoms with Gasteiger partial charge in [0.05, 0.1) is 0 Å². The van der Waals surface area contributed by atoms with Crippen LogP contribution in [0.2, 0.25) is 0 Å². The van der Waals surface area contributed by atoms with Crippen molar-refractivity contribution in [1.82, 2.24) is 0 Å². The van der Waals surface area contributed by atoms with Gasteiger partial charge in [-0.1, -0.05) is 42.5 Å². The zero-order valence-electron chi connectivity index (χ0n) is 14.1. The highest BCUT2D eigenvalue weighted by Gasteiger charge is 2.06. The lowest BCUT2D eigenvalue weighted by molar-refractivity contribution is 0.627. The van der Waals surface area contributed by atoms with Gasteiger partial charge in [-0.05, 0) is 84.3 Å². The van der Waals surface area contributed by atoms with Crippen LogP contribution in [0.5, 0.6) is 0 Å². The Labute approximate surface area is 137 Å². The molecule has 0 radical (unpaired) electrons. The lowest BCUT2D eigenvalue weighted by Crippen LogP contribution is -1.89. The van der Waals surface area contributed by atoms with Crippen LogP contribution in [0.25, 0.3) is 22.3 Å². The first-order valence-corrected chi connectivity index (χ1v) is 7.90. The fraction of sp³-hybridized carbons (Fsp3) is 0.182. The van der Waals surface area contributed by atoms with E-state index in [0.717, 1.165) is 16.7 Å². The zero-order chi connectivity index (χ0) is 16.6. The summed E-state index contributed by atoms with van der Waals surface area (Å²) in [7, 11) is 0. The number of hydrogen-bond donors (Lipinski definition) is 0. The van der Waals surface area contributed by atoms with E-state index >= 15 is 0 Å². The third-order valence-corrected chi connectivity index (χ3v) is 4.64. The molecular formula is C22H21F. The molecule has 0 bridgehead atoms. The molecule has 1 heteroatoms. The maximum Gasteiger partial charge on any atom is 0.123 e. The Hall–Kier alpha value is -2.41. The lowest BCUT2D eigenvalue weighted by Gasteiger charge is -2.11. The van der Waals surface area contributed by atoms with Gasteiger partial charge in [0.25, 0.3) is 0 Å². The molecule has 0 nitrogen and oxygen atoms in total. The van der Waals surface area contributed by atoms with Crippen molar-refractivity contribution in [3.8, 4) is 22.3 Å². The quantitative estimate of drug-likeness (QED) is 0.514. The molecule has 0 amide bonds. The summed E-state index contributed by atoms with van der Waals surface area (Å²) < 4.78 is 13.3. The molecule has 23 heavy (non-hydrogen) atoms. The van der Waals surface area contributed by atoms with E-state index < -0.39 is 0 Å². The Bertz CT molecular complexity index is 835. The molecule has 0 aliphatic rings. The lowest BCUT2D eigenvalue weighted by atomic mass is 9.94. The highest BCUT2D eigenvalue weighted by atomic mass is 19.1. The van der Waals surface area contributed by atoms with Crippen molar-refractivity contribution in [2.24, 2.45) is 0 Å². The molecule has 0 N–H and O–H groups in total. The van der Waals surface area contributed by atoms with Crippen LogP contribution in [0.4, 0.5) is 4.39 Å². The van der Waals surface area contributed by atoms with Crippen LogP contribution in [-0.4, -0.2) is 0 Å². The summed E-state index contributed by atoms with van der Waals surface area (Å²) in [6.07, 6.45) is 0. The van der Waals surface area contributed by atoms with E-state index in [1.54, 1.807) is 6.07 Å². The average Bonchev–Trinajstić information content (AvgIpc) is 2.52. The topological polar surface area (TPSA) is 0 Å². The number of halogens is 1. The van der Waals surface area contributed by atoms with Gasteiger partial charge in [-0.15, -0.1) is 0 Å². The summed E-state index contributed by atoms with van der Waals surface area (Å²) in [5.41, 5.74) is 9.60. The van der Waals surface area contributed by atoms with Crippen LogP contribution in [-0.2, 0) is 0 Å². The molecule has 3 rings (SSSR count). The third-order valence-electron chi connectivity index (χ3n) is 4.64. The fourth-order valence-corrected chi connectivity index (χ4v) is 3.00. The Morgan fingerprint density at radius 1 is 0.565 bits per heavy atom. The summed E-state index contributed by atoms with van der Waals surface area (Å²) in [6, 6.07) is 17.9. The molecule has 0 aliphatic heterocycles. The highest BCUT2D eigenvalue weighted by molar-refractivity contribution is 5.73. The third kappa shape index (κ3) is 3.05. The van der Waals surface area contributed by atoms with E-state index in [1.165, 1.54) is 33.9 Å². The van der Waals surface area contributed by atoms with E-state index in [1.807, 2.05) is 13.0 Å². The van der Waals surface area contributed by atoms with Gasteiger partial charge in [-0.3, -0.25) is 0 Å². The normalized spacial score (nSPS) is 10.8. The minimum Gasteiger partial charge on any atom is -0.207 e. The van der Waals surface area contributed by atoms with E-state index in [9.17, 15) is 4.39 Å². The second-order valence-corrected chi connectivity index (χ2v) is 6.27. The molecule has 0 unspecified atom stereocenters. The fourth-order valence-electron chi connectivity index (χ4n) is 3.00. The molecular weight excluding hydrogens is 283 g/mol. The summed E-state index contributed by atoms with van der Waals surface area (Å²) in [5.74, 6) is -0.187. The van der Waals surface area contributed by atoms with Crippen molar-refractivity contribution in [1.29, 1.82) is 0 Å². The van der Waals surface area contributed by atoms with Crippen molar-refractivity contribution in [3.05, 3.63) is 82.7 Å². The molecule has 0 heterocycles. The van der Waals surface area contributed by atoms with Crippen LogP contribution >= 0.6 is 0 Å². The predicted octanol–water partition coefficient (Wildman–Crippen LogP) is 6.39. The SMILES string of the molecule is Cc1cc(F)ccc1-c1ccc(-c2cc(C)c(C)c(C)c2)cc1. The Morgan fingerprint density at radius 3 is 1.70 bits per heavy atom. The number of aryl methyl sites for hydroxylation is 3. The van der Waals surface area contributed by atoms with Crippen LogP contribution in [0, 0.1) is 33.5 Å². The first-order valence-electron chi connectivity index (χ1n) is 7.90. The zero-order valence-corrected chi connectivity index (χ0v) is 14.1. The van der Waals surface area contributed by atoms with Crippen LogP contribution in [0.15, 0.2) is 54.6 Å². The van der Waals surface area contributed by atoms with Crippen molar-refractivity contribution in [3.63, 3.8) is 0 Å². The molecule has 0 saturated heterocycles. The largest absolute Gasteiger partial charge is 0.207 e. The van der Waals surface area contributed by atoms with Gasteiger partial charge in [0.2, 0.25) is 0 Å². The molecule has 0 aliphatic carbocycles. The predicted molar refractivity (Wildman–Crippen MR) is 96.2 cm³/mol. The van der Waals surface area contributed by atoms with Crippen molar-refractivity contribution in [2.45, 2.75) is 27.7 Å². The first kappa shape index (κ1) is 15.5. The summed E-state index contributed by atoms with van der Waals surface area (Å²) >= 11 is 0.